The minimum absolute atomic E-state index is 0.129. The molecule has 0 aliphatic carbocycles. The van der Waals surface area contributed by atoms with Gasteiger partial charge in [0.2, 0.25) is 15.9 Å². The van der Waals surface area contributed by atoms with Crippen molar-refractivity contribution in [3.8, 4) is 0 Å². The quantitative estimate of drug-likeness (QED) is 0.658. The highest BCUT2D eigenvalue weighted by atomic mass is 32.2. The maximum absolute atomic E-state index is 12.7. The van der Waals surface area contributed by atoms with Gasteiger partial charge in [-0.15, -0.1) is 0 Å². The Morgan fingerprint density at radius 1 is 1.21 bits per heavy atom. The Morgan fingerprint density at radius 3 is 2.41 bits per heavy atom. The van der Waals surface area contributed by atoms with Gasteiger partial charge in [-0.3, -0.25) is 4.79 Å². The molecule has 0 fully saturated rings. The fourth-order valence-corrected chi connectivity index (χ4v) is 4.57. The number of alkyl halides is 3. The van der Waals surface area contributed by atoms with Gasteiger partial charge in [0.25, 0.3) is 0 Å². The van der Waals surface area contributed by atoms with E-state index in [0.717, 1.165) is 0 Å². The van der Waals surface area contributed by atoms with Crippen molar-refractivity contribution >= 4 is 27.0 Å². The van der Waals surface area contributed by atoms with Gasteiger partial charge >= 0.3 is 6.18 Å². The third-order valence-corrected chi connectivity index (χ3v) is 6.57. The van der Waals surface area contributed by atoms with Crippen molar-refractivity contribution in [3.63, 3.8) is 0 Å². The lowest BCUT2D eigenvalue weighted by atomic mass is 10.2. The maximum Gasteiger partial charge on any atom is 0.405 e. The molecule has 1 aromatic heterocycles. The number of rotatable bonds is 9. The van der Waals surface area contributed by atoms with E-state index in [-0.39, 0.29) is 17.7 Å². The van der Waals surface area contributed by atoms with Crippen LogP contribution < -0.4 is 5.32 Å². The molecule has 1 amide bonds. The van der Waals surface area contributed by atoms with E-state index in [9.17, 15) is 26.4 Å². The molecule has 162 valence electrons. The number of halogens is 3. The van der Waals surface area contributed by atoms with Crippen LogP contribution in [-0.2, 0) is 27.8 Å². The van der Waals surface area contributed by atoms with Crippen LogP contribution in [0.2, 0.25) is 0 Å². The zero-order valence-corrected chi connectivity index (χ0v) is 17.4. The summed E-state index contributed by atoms with van der Waals surface area (Å²) in [6, 6.07) is 4.67. The highest BCUT2D eigenvalue weighted by molar-refractivity contribution is 7.89. The molecule has 1 N–H and O–H groups in total. The molecule has 11 heteroatoms. The summed E-state index contributed by atoms with van der Waals surface area (Å²) in [4.78, 5) is 16.2. The number of hydrogen-bond acceptors (Lipinski definition) is 4. The first kappa shape index (κ1) is 23.1. The summed E-state index contributed by atoms with van der Waals surface area (Å²) >= 11 is 0. The number of nitrogens with zero attached hydrogens (tertiary/aromatic N) is 3. The summed E-state index contributed by atoms with van der Waals surface area (Å²) in [5, 5.41) is 1.83. The number of aromatic nitrogens is 2. The molecule has 29 heavy (non-hydrogen) atoms. The van der Waals surface area contributed by atoms with E-state index in [2.05, 4.69) is 4.98 Å². The maximum atomic E-state index is 12.7. The number of imidazole rings is 1. The second kappa shape index (κ2) is 9.12. The van der Waals surface area contributed by atoms with Crippen LogP contribution in [0.4, 0.5) is 13.2 Å². The monoisotopic (exact) mass is 434 g/mol. The lowest BCUT2D eigenvalue weighted by Crippen LogP contribution is -2.33. The predicted molar refractivity (Wildman–Crippen MR) is 103 cm³/mol. The molecule has 0 unspecified atom stereocenters. The number of nitrogens with one attached hydrogen (secondary N) is 1. The van der Waals surface area contributed by atoms with Crippen molar-refractivity contribution in [3.05, 3.63) is 24.0 Å². The number of carbonyl (C=O) groups excluding carboxylic acids is 1. The molecule has 0 bridgehead atoms. The smallest absolute Gasteiger partial charge is 0.347 e. The fraction of sp³-hybridized carbons (Fsp3) is 0.556. The van der Waals surface area contributed by atoms with Gasteiger partial charge in [0, 0.05) is 32.5 Å². The Hall–Kier alpha value is -2.14. The third-order valence-electron chi connectivity index (χ3n) is 4.52. The van der Waals surface area contributed by atoms with Gasteiger partial charge < -0.3 is 9.88 Å². The van der Waals surface area contributed by atoms with E-state index >= 15 is 0 Å². The Kier molecular flexibility index (Phi) is 7.28. The zero-order valence-electron chi connectivity index (χ0n) is 16.6. The van der Waals surface area contributed by atoms with Gasteiger partial charge in [0.1, 0.15) is 12.4 Å². The van der Waals surface area contributed by atoms with Crippen LogP contribution in [0, 0.1) is 0 Å². The number of benzene rings is 1. The predicted octanol–water partition coefficient (Wildman–Crippen LogP) is 2.70. The molecular formula is C18H25F3N4O3S. The summed E-state index contributed by atoms with van der Waals surface area (Å²) in [7, 11) is -3.64. The van der Waals surface area contributed by atoms with Crippen LogP contribution in [0.1, 0.15) is 33.0 Å². The van der Waals surface area contributed by atoms with Gasteiger partial charge in [-0.25, -0.2) is 13.4 Å². The molecule has 0 spiro atoms. The van der Waals surface area contributed by atoms with Gasteiger partial charge in [0.15, 0.2) is 0 Å². The summed E-state index contributed by atoms with van der Waals surface area (Å²) in [5.74, 6) is -0.205. The van der Waals surface area contributed by atoms with Crippen LogP contribution in [0.25, 0.3) is 11.0 Å². The first-order chi connectivity index (χ1) is 13.5. The van der Waals surface area contributed by atoms with Crippen molar-refractivity contribution in [2.24, 2.45) is 0 Å². The average Bonchev–Trinajstić information content (AvgIpc) is 3.01. The Labute approximate surface area is 167 Å². The molecule has 1 heterocycles. The number of amides is 1. The highest BCUT2D eigenvalue weighted by Crippen LogP contribution is 2.23. The van der Waals surface area contributed by atoms with E-state index in [4.69, 9.17) is 0 Å². The fourth-order valence-electron chi connectivity index (χ4n) is 3.09. The molecule has 1 aromatic carbocycles. The van der Waals surface area contributed by atoms with E-state index < -0.39 is 28.7 Å². The minimum atomic E-state index is -4.46. The molecule has 0 atom stereocenters. The lowest BCUT2D eigenvalue weighted by molar-refractivity contribution is -0.138. The number of aryl methyl sites for hydroxylation is 2. The molecule has 0 radical (unpaired) electrons. The Balaban J connectivity index is 2.26. The number of carbonyl (C=O) groups is 1. The number of sulfonamides is 1. The Bertz CT molecular complexity index is 967. The summed E-state index contributed by atoms with van der Waals surface area (Å²) in [5.41, 5.74) is 1.17. The molecule has 7 nitrogen and oxygen atoms in total. The van der Waals surface area contributed by atoms with Crippen LogP contribution in [0.3, 0.4) is 0 Å². The Morgan fingerprint density at radius 2 is 1.86 bits per heavy atom. The largest absolute Gasteiger partial charge is 0.405 e. The van der Waals surface area contributed by atoms with Gasteiger partial charge in [-0.1, -0.05) is 13.8 Å². The summed E-state index contributed by atoms with van der Waals surface area (Å²) < 4.78 is 65.2. The molecule has 2 aromatic rings. The van der Waals surface area contributed by atoms with Crippen molar-refractivity contribution < 1.29 is 26.4 Å². The topological polar surface area (TPSA) is 84.3 Å². The highest BCUT2D eigenvalue weighted by Gasteiger charge is 2.27. The standard InChI is InChI=1S/C18H25F3N4O3S/c1-4-24(5-2)29(27,28)13-7-8-15-14(11-13)23-16(25(15)6-3)9-10-17(26)22-12-18(19,20)21/h7-8,11H,4-6,9-10,12H2,1-3H3,(H,22,26). The first-order valence-corrected chi connectivity index (χ1v) is 10.8. The van der Waals surface area contributed by atoms with E-state index in [0.29, 0.717) is 36.5 Å². The second-order valence-electron chi connectivity index (χ2n) is 6.40. The van der Waals surface area contributed by atoms with Crippen LogP contribution in [0.5, 0.6) is 0 Å². The van der Waals surface area contributed by atoms with Crippen LogP contribution >= 0.6 is 0 Å². The number of fused-ring (bicyclic) bond motifs is 1. The molecular weight excluding hydrogens is 409 g/mol. The third kappa shape index (κ3) is 5.47. The van der Waals surface area contributed by atoms with E-state index in [1.54, 1.807) is 19.9 Å². The van der Waals surface area contributed by atoms with Crippen LogP contribution in [-0.4, -0.2) is 54.0 Å². The van der Waals surface area contributed by atoms with Crippen molar-refractivity contribution in [2.75, 3.05) is 19.6 Å². The summed E-state index contributed by atoms with van der Waals surface area (Å²) in [6.45, 7) is 5.23. The first-order valence-electron chi connectivity index (χ1n) is 9.36. The molecule has 2 rings (SSSR count). The normalized spacial score (nSPS) is 12.7. The lowest BCUT2D eigenvalue weighted by Gasteiger charge is -2.18. The second-order valence-corrected chi connectivity index (χ2v) is 8.34. The van der Waals surface area contributed by atoms with Gasteiger partial charge in [-0.2, -0.15) is 17.5 Å². The molecule has 0 saturated heterocycles. The van der Waals surface area contributed by atoms with E-state index in [1.165, 1.54) is 16.4 Å². The SMILES string of the molecule is CCN(CC)S(=O)(=O)c1ccc2c(c1)nc(CCC(=O)NCC(F)(F)F)n2CC. The van der Waals surface area contributed by atoms with E-state index in [1.807, 2.05) is 16.8 Å². The zero-order chi connectivity index (χ0) is 21.8. The summed E-state index contributed by atoms with van der Waals surface area (Å²) in [6.07, 6.45) is -4.46. The van der Waals surface area contributed by atoms with Crippen molar-refractivity contribution in [1.29, 1.82) is 0 Å². The van der Waals surface area contributed by atoms with Crippen molar-refractivity contribution in [1.82, 2.24) is 19.2 Å². The molecule has 0 saturated carbocycles. The van der Waals surface area contributed by atoms with Gasteiger partial charge in [0.05, 0.1) is 15.9 Å². The van der Waals surface area contributed by atoms with Gasteiger partial charge in [-0.05, 0) is 25.1 Å². The van der Waals surface area contributed by atoms with Crippen LogP contribution in [0.15, 0.2) is 23.1 Å². The van der Waals surface area contributed by atoms with Crippen molar-refractivity contribution in [2.45, 2.75) is 51.2 Å². The average molecular weight is 434 g/mol. The number of hydrogen-bond donors (Lipinski definition) is 1. The molecule has 0 aliphatic rings. The minimum Gasteiger partial charge on any atom is -0.347 e. The molecule has 0 aliphatic heterocycles.